The van der Waals surface area contributed by atoms with Gasteiger partial charge in [0.05, 0.1) is 6.33 Å². The van der Waals surface area contributed by atoms with E-state index in [0.717, 1.165) is 19.5 Å². The van der Waals surface area contributed by atoms with Gasteiger partial charge < -0.3 is 20.9 Å². The summed E-state index contributed by atoms with van der Waals surface area (Å²) in [5, 5.41) is 3.29. The Balaban J connectivity index is 2.18. The minimum atomic E-state index is -0.260. The van der Waals surface area contributed by atoms with Crippen molar-refractivity contribution >= 4 is 11.5 Å². The fraction of sp³-hybridized carbons (Fsp3) is 0.667. The standard InChI is InChI=1S/C12H21N5O/c1-8(14-2)9-4-3-5-17(6-9)11-10(13)12(18)16-7-15-11/h7-9,14H,3-6,13H2,1-2H3,(H,15,16,18). The van der Waals surface area contributed by atoms with E-state index in [1.807, 2.05) is 7.05 Å². The number of nitrogens with zero attached hydrogens (tertiary/aromatic N) is 2. The maximum absolute atomic E-state index is 11.5. The van der Waals surface area contributed by atoms with Crippen LogP contribution in [0, 0.1) is 5.92 Å². The molecule has 2 rings (SSSR count). The SMILES string of the molecule is CNC(C)C1CCCN(c2nc[nH]c(=O)c2N)C1. The predicted molar refractivity (Wildman–Crippen MR) is 72.7 cm³/mol. The van der Waals surface area contributed by atoms with Crippen molar-refractivity contribution in [3.63, 3.8) is 0 Å². The second-order valence-corrected chi connectivity index (χ2v) is 4.89. The second-order valence-electron chi connectivity index (χ2n) is 4.89. The molecule has 0 radical (unpaired) electrons. The van der Waals surface area contributed by atoms with Crippen LogP contribution in [0.2, 0.25) is 0 Å². The summed E-state index contributed by atoms with van der Waals surface area (Å²) in [6.07, 6.45) is 3.71. The fourth-order valence-corrected chi connectivity index (χ4v) is 2.50. The van der Waals surface area contributed by atoms with Crippen molar-refractivity contribution in [2.75, 3.05) is 30.8 Å². The van der Waals surface area contributed by atoms with Crippen molar-refractivity contribution in [2.24, 2.45) is 5.92 Å². The van der Waals surface area contributed by atoms with Crippen molar-refractivity contribution in [2.45, 2.75) is 25.8 Å². The molecule has 4 N–H and O–H groups in total. The van der Waals surface area contributed by atoms with Gasteiger partial charge in [-0.3, -0.25) is 4.79 Å². The molecule has 1 aliphatic rings. The van der Waals surface area contributed by atoms with Gasteiger partial charge >= 0.3 is 0 Å². The zero-order chi connectivity index (χ0) is 13.1. The number of aromatic amines is 1. The van der Waals surface area contributed by atoms with Crippen LogP contribution in [0.3, 0.4) is 0 Å². The number of piperidine rings is 1. The van der Waals surface area contributed by atoms with Gasteiger partial charge in [0.2, 0.25) is 0 Å². The third kappa shape index (κ3) is 2.48. The average molecular weight is 251 g/mol. The normalized spacial score (nSPS) is 21.9. The third-order valence-electron chi connectivity index (χ3n) is 3.79. The highest BCUT2D eigenvalue weighted by Gasteiger charge is 2.25. The molecule has 1 saturated heterocycles. The van der Waals surface area contributed by atoms with Gasteiger partial charge in [0.15, 0.2) is 5.82 Å². The summed E-state index contributed by atoms with van der Waals surface area (Å²) < 4.78 is 0. The summed E-state index contributed by atoms with van der Waals surface area (Å²) in [7, 11) is 1.98. The quantitative estimate of drug-likeness (QED) is 0.713. The number of hydrogen-bond donors (Lipinski definition) is 3. The molecule has 100 valence electrons. The van der Waals surface area contributed by atoms with Crippen molar-refractivity contribution in [1.82, 2.24) is 15.3 Å². The van der Waals surface area contributed by atoms with E-state index in [1.165, 1.54) is 12.7 Å². The number of H-pyrrole nitrogens is 1. The van der Waals surface area contributed by atoms with Crippen LogP contribution in [-0.2, 0) is 0 Å². The van der Waals surface area contributed by atoms with E-state index >= 15 is 0 Å². The van der Waals surface area contributed by atoms with Gasteiger partial charge in [-0.1, -0.05) is 0 Å². The van der Waals surface area contributed by atoms with Crippen LogP contribution in [0.5, 0.6) is 0 Å². The Morgan fingerprint density at radius 3 is 3.17 bits per heavy atom. The Hall–Kier alpha value is -1.56. The monoisotopic (exact) mass is 251 g/mol. The molecule has 1 aromatic rings. The zero-order valence-corrected chi connectivity index (χ0v) is 10.9. The first kappa shape index (κ1) is 12.9. The lowest BCUT2D eigenvalue weighted by atomic mass is 9.91. The summed E-state index contributed by atoms with van der Waals surface area (Å²) in [6.45, 7) is 3.99. The molecule has 0 saturated carbocycles. The maximum atomic E-state index is 11.5. The molecule has 18 heavy (non-hydrogen) atoms. The topological polar surface area (TPSA) is 87.0 Å². The van der Waals surface area contributed by atoms with Crippen molar-refractivity contribution in [1.29, 1.82) is 0 Å². The lowest BCUT2D eigenvalue weighted by molar-refractivity contribution is 0.332. The van der Waals surface area contributed by atoms with E-state index in [2.05, 4.69) is 27.1 Å². The van der Waals surface area contributed by atoms with Gasteiger partial charge in [-0.15, -0.1) is 0 Å². The van der Waals surface area contributed by atoms with Crippen LogP contribution in [0.1, 0.15) is 19.8 Å². The largest absolute Gasteiger partial charge is 0.391 e. The Bertz CT molecular complexity index is 458. The number of rotatable bonds is 3. The molecule has 0 aliphatic carbocycles. The predicted octanol–water partition coefficient (Wildman–Crippen LogP) is 0.176. The minimum Gasteiger partial charge on any atom is -0.391 e. The van der Waals surface area contributed by atoms with Crippen molar-refractivity contribution in [3.05, 3.63) is 16.7 Å². The molecule has 6 heteroatoms. The smallest absolute Gasteiger partial charge is 0.276 e. The molecule has 2 heterocycles. The molecule has 0 spiro atoms. The molecular formula is C12H21N5O. The van der Waals surface area contributed by atoms with Gasteiger partial charge in [0, 0.05) is 19.1 Å². The zero-order valence-electron chi connectivity index (χ0n) is 10.9. The van der Waals surface area contributed by atoms with Crippen LogP contribution in [-0.4, -0.2) is 36.1 Å². The van der Waals surface area contributed by atoms with Crippen LogP contribution < -0.4 is 21.5 Å². The van der Waals surface area contributed by atoms with E-state index < -0.39 is 0 Å². The second kappa shape index (κ2) is 5.39. The number of hydrogen-bond acceptors (Lipinski definition) is 5. The lowest BCUT2D eigenvalue weighted by Crippen LogP contribution is -2.44. The van der Waals surface area contributed by atoms with E-state index in [1.54, 1.807) is 0 Å². The van der Waals surface area contributed by atoms with Gasteiger partial charge in [0.1, 0.15) is 5.69 Å². The lowest BCUT2D eigenvalue weighted by Gasteiger charge is -2.36. The Kier molecular flexibility index (Phi) is 3.86. The molecule has 0 amide bonds. The van der Waals surface area contributed by atoms with Crippen molar-refractivity contribution < 1.29 is 0 Å². The molecular weight excluding hydrogens is 230 g/mol. The summed E-state index contributed by atoms with van der Waals surface area (Å²) >= 11 is 0. The van der Waals surface area contributed by atoms with Gasteiger partial charge in [0.25, 0.3) is 5.56 Å². The van der Waals surface area contributed by atoms with Crippen LogP contribution in [0.25, 0.3) is 0 Å². The molecule has 1 aromatic heterocycles. The summed E-state index contributed by atoms with van der Waals surface area (Å²) in [5.41, 5.74) is 5.76. The first-order chi connectivity index (χ1) is 8.63. The summed E-state index contributed by atoms with van der Waals surface area (Å²) in [6, 6.07) is 0.455. The number of nitrogen functional groups attached to an aromatic ring is 1. The molecule has 1 aliphatic heterocycles. The molecule has 0 bridgehead atoms. The number of nitrogens with two attached hydrogens (primary N) is 1. The van der Waals surface area contributed by atoms with E-state index in [4.69, 9.17) is 5.73 Å². The van der Waals surface area contributed by atoms with Gasteiger partial charge in [-0.2, -0.15) is 0 Å². The first-order valence-electron chi connectivity index (χ1n) is 6.39. The summed E-state index contributed by atoms with van der Waals surface area (Å²) in [4.78, 5) is 20.3. The highest BCUT2D eigenvalue weighted by atomic mass is 16.1. The average Bonchev–Trinajstić information content (AvgIpc) is 2.41. The molecule has 1 fully saturated rings. The number of anilines is 2. The van der Waals surface area contributed by atoms with Gasteiger partial charge in [-0.05, 0) is 32.7 Å². The summed E-state index contributed by atoms with van der Waals surface area (Å²) in [5.74, 6) is 1.18. The third-order valence-corrected chi connectivity index (χ3v) is 3.79. The molecule has 0 aromatic carbocycles. The van der Waals surface area contributed by atoms with E-state index in [-0.39, 0.29) is 11.2 Å². The van der Waals surface area contributed by atoms with Crippen LogP contribution in [0.15, 0.2) is 11.1 Å². The van der Waals surface area contributed by atoms with E-state index in [0.29, 0.717) is 17.8 Å². The molecule has 6 nitrogen and oxygen atoms in total. The Morgan fingerprint density at radius 2 is 2.44 bits per heavy atom. The van der Waals surface area contributed by atoms with Gasteiger partial charge in [-0.25, -0.2) is 4.98 Å². The molecule has 2 unspecified atom stereocenters. The first-order valence-corrected chi connectivity index (χ1v) is 6.39. The highest BCUT2D eigenvalue weighted by Crippen LogP contribution is 2.25. The Labute approximate surface area is 107 Å². The number of nitrogens with one attached hydrogen (secondary N) is 2. The Morgan fingerprint density at radius 1 is 1.67 bits per heavy atom. The van der Waals surface area contributed by atoms with Crippen LogP contribution in [0.4, 0.5) is 11.5 Å². The minimum absolute atomic E-state index is 0.218. The highest BCUT2D eigenvalue weighted by molar-refractivity contribution is 5.61. The van der Waals surface area contributed by atoms with Crippen LogP contribution >= 0.6 is 0 Å². The molecule has 2 atom stereocenters. The fourth-order valence-electron chi connectivity index (χ4n) is 2.50. The van der Waals surface area contributed by atoms with Crippen molar-refractivity contribution in [3.8, 4) is 0 Å². The maximum Gasteiger partial charge on any atom is 0.276 e. The number of aromatic nitrogens is 2. The van der Waals surface area contributed by atoms with E-state index in [9.17, 15) is 4.79 Å².